The van der Waals surface area contributed by atoms with Crippen LogP contribution in [0.4, 0.5) is 0 Å². The van der Waals surface area contributed by atoms with Gasteiger partial charge in [-0.2, -0.15) is 0 Å². The normalized spacial score (nSPS) is 25.5. The van der Waals surface area contributed by atoms with E-state index >= 15 is 0 Å². The third-order valence-corrected chi connectivity index (χ3v) is 5.79. The summed E-state index contributed by atoms with van der Waals surface area (Å²) in [6, 6.07) is 5.98. The minimum atomic E-state index is -0.602. The van der Waals surface area contributed by atoms with Crippen molar-refractivity contribution < 1.29 is 9.84 Å². The molecule has 2 atom stereocenters. The zero-order valence-corrected chi connectivity index (χ0v) is 15.5. The molecule has 1 fully saturated rings. The van der Waals surface area contributed by atoms with E-state index in [0.717, 1.165) is 36.6 Å². The number of H-pyrrole nitrogens is 1. The lowest BCUT2D eigenvalue weighted by Gasteiger charge is -2.43. The number of fused-ring (bicyclic) bond motifs is 1. The Hall–Kier alpha value is -1.07. The fraction of sp³-hybridized carbons (Fsp3) is 0.579. The third kappa shape index (κ3) is 3.47. The van der Waals surface area contributed by atoms with E-state index in [2.05, 4.69) is 23.7 Å². The van der Waals surface area contributed by atoms with E-state index in [1.54, 1.807) is 7.11 Å². The maximum Gasteiger partial charge on any atom is 0.0719 e. The molecule has 0 radical (unpaired) electrons. The Labute approximate surface area is 148 Å². The molecule has 2 N–H and O–H groups in total. The fourth-order valence-electron chi connectivity index (χ4n) is 3.78. The first-order chi connectivity index (χ1) is 11.4. The SMILES string of the molecule is COCC[C@]1(O)CCN(Cc2[nH]c3ccc(Cl)cc3c2C)C[C@H]1C. The predicted molar refractivity (Wildman–Crippen MR) is 98.5 cm³/mol. The first-order valence-electron chi connectivity index (χ1n) is 8.63. The number of nitrogens with zero attached hydrogens (tertiary/aromatic N) is 1. The number of rotatable bonds is 5. The molecule has 1 aromatic heterocycles. The van der Waals surface area contributed by atoms with Gasteiger partial charge in [-0.15, -0.1) is 0 Å². The quantitative estimate of drug-likeness (QED) is 0.863. The number of aromatic amines is 1. The van der Waals surface area contributed by atoms with Crippen LogP contribution in [0, 0.1) is 12.8 Å². The molecule has 3 rings (SSSR count). The van der Waals surface area contributed by atoms with E-state index in [-0.39, 0.29) is 5.92 Å². The molecule has 1 aliphatic heterocycles. The summed E-state index contributed by atoms with van der Waals surface area (Å²) in [7, 11) is 1.69. The Bertz CT molecular complexity index is 715. The van der Waals surface area contributed by atoms with Crippen molar-refractivity contribution >= 4 is 22.5 Å². The maximum atomic E-state index is 10.8. The van der Waals surface area contributed by atoms with Gasteiger partial charge in [0.25, 0.3) is 0 Å². The van der Waals surface area contributed by atoms with Crippen LogP contribution < -0.4 is 0 Å². The van der Waals surface area contributed by atoms with Crippen LogP contribution in [0.1, 0.15) is 31.0 Å². The largest absolute Gasteiger partial charge is 0.389 e. The van der Waals surface area contributed by atoms with Crippen molar-refractivity contribution in [2.75, 3.05) is 26.8 Å². The highest BCUT2D eigenvalue weighted by Crippen LogP contribution is 2.32. The van der Waals surface area contributed by atoms with Crippen LogP contribution >= 0.6 is 11.6 Å². The monoisotopic (exact) mass is 350 g/mol. The standard InChI is InChI=1S/C19H27ClN2O2/c1-13-11-22(8-6-19(13,23)7-9-24-3)12-18-14(2)16-10-15(20)4-5-17(16)21-18/h4-5,10,13,21,23H,6-9,11-12H2,1-3H3/t13-,19-/m1/s1. The lowest BCUT2D eigenvalue weighted by Crippen LogP contribution is -2.51. The minimum Gasteiger partial charge on any atom is -0.389 e. The number of hydrogen-bond acceptors (Lipinski definition) is 3. The van der Waals surface area contributed by atoms with Crippen LogP contribution in [-0.4, -0.2) is 47.4 Å². The van der Waals surface area contributed by atoms with E-state index in [9.17, 15) is 5.11 Å². The number of likely N-dealkylation sites (tertiary alicyclic amines) is 1. The molecule has 1 aromatic carbocycles. The van der Waals surface area contributed by atoms with Gasteiger partial charge in [0.1, 0.15) is 0 Å². The van der Waals surface area contributed by atoms with E-state index in [4.69, 9.17) is 16.3 Å². The zero-order chi connectivity index (χ0) is 17.3. The average molecular weight is 351 g/mol. The van der Waals surface area contributed by atoms with Gasteiger partial charge < -0.3 is 14.8 Å². The number of ether oxygens (including phenoxy) is 1. The Balaban J connectivity index is 1.71. The average Bonchev–Trinajstić information content (AvgIpc) is 2.85. The molecule has 1 aliphatic rings. The van der Waals surface area contributed by atoms with Gasteiger partial charge in [-0.05, 0) is 49.4 Å². The topological polar surface area (TPSA) is 48.5 Å². The van der Waals surface area contributed by atoms with Crippen molar-refractivity contribution in [2.45, 2.75) is 38.8 Å². The van der Waals surface area contributed by atoms with Gasteiger partial charge in [0.2, 0.25) is 0 Å². The lowest BCUT2D eigenvalue weighted by atomic mass is 9.80. The van der Waals surface area contributed by atoms with Crippen LogP contribution in [0.5, 0.6) is 0 Å². The number of hydrogen-bond donors (Lipinski definition) is 2. The van der Waals surface area contributed by atoms with Crippen molar-refractivity contribution in [1.82, 2.24) is 9.88 Å². The maximum absolute atomic E-state index is 10.8. The van der Waals surface area contributed by atoms with E-state index < -0.39 is 5.60 Å². The van der Waals surface area contributed by atoms with Crippen LogP contribution in [0.25, 0.3) is 10.9 Å². The molecule has 0 unspecified atom stereocenters. The number of piperidine rings is 1. The second-order valence-electron chi connectivity index (χ2n) is 7.15. The summed E-state index contributed by atoms with van der Waals surface area (Å²) in [6.45, 7) is 7.58. The van der Waals surface area contributed by atoms with Gasteiger partial charge >= 0.3 is 0 Å². The molecule has 0 amide bonds. The molecule has 24 heavy (non-hydrogen) atoms. The fourth-order valence-corrected chi connectivity index (χ4v) is 3.95. The predicted octanol–water partition coefficient (Wildman–Crippen LogP) is 3.74. The minimum absolute atomic E-state index is 0.237. The first-order valence-corrected chi connectivity index (χ1v) is 9.01. The number of aromatic nitrogens is 1. The summed E-state index contributed by atoms with van der Waals surface area (Å²) in [4.78, 5) is 5.95. The Morgan fingerprint density at radius 1 is 1.46 bits per heavy atom. The number of aliphatic hydroxyl groups is 1. The Morgan fingerprint density at radius 3 is 2.96 bits per heavy atom. The molecular formula is C19H27ClN2O2. The van der Waals surface area contributed by atoms with Crippen LogP contribution in [-0.2, 0) is 11.3 Å². The molecule has 0 aliphatic carbocycles. The zero-order valence-electron chi connectivity index (χ0n) is 14.7. The summed E-state index contributed by atoms with van der Waals surface area (Å²) in [5.41, 5.74) is 3.03. The van der Waals surface area contributed by atoms with Crippen molar-refractivity contribution in [3.05, 3.63) is 34.5 Å². The molecule has 132 valence electrons. The van der Waals surface area contributed by atoms with Crippen molar-refractivity contribution in [1.29, 1.82) is 0 Å². The van der Waals surface area contributed by atoms with Gasteiger partial charge in [-0.3, -0.25) is 4.90 Å². The molecule has 5 heteroatoms. The molecule has 2 heterocycles. The first kappa shape index (κ1) is 17.7. The van der Waals surface area contributed by atoms with Gasteiger partial charge in [0.15, 0.2) is 0 Å². The number of methoxy groups -OCH3 is 1. The molecule has 2 aromatic rings. The van der Waals surface area contributed by atoms with Crippen molar-refractivity contribution in [3.63, 3.8) is 0 Å². The van der Waals surface area contributed by atoms with E-state index in [0.29, 0.717) is 13.0 Å². The number of nitrogens with one attached hydrogen (secondary N) is 1. The summed E-state index contributed by atoms with van der Waals surface area (Å²) in [6.07, 6.45) is 1.51. The van der Waals surface area contributed by atoms with Gasteiger partial charge in [0, 0.05) is 55.0 Å². The Morgan fingerprint density at radius 2 is 2.25 bits per heavy atom. The van der Waals surface area contributed by atoms with Crippen LogP contribution in [0.15, 0.2) is 18.2 Å². The third-order valence-electron chi connectivity index (χ3n) is 5.55. The van der Waals surface area contributed by atoms with Gasteiger partial charge in [-0.25, -0.2) is 0 Å². The summed E-state index contributed by atoms with van der Waals surface area (Å²) >= 11 is 6.12. The molecule has 0 spiro atoms. The summed E-state index contributed by atoms with van der Waals surface area (Å²) in [5, 5.41) is 12.8. The second-order valence-corrected chi connectivity index (χ2v) is 7.59. The van der Waals surface area contributed by atoms with Crippen LogP contribution in [0.2, 0.25) is 5.02 Å². The number of aryl methyl sites for hydroxylation is 1. The highest BCUT2D eigenvalue weighted by molar-refractivity contribution is 6.31. The smallest absolute Gasteiger partial charge is 0.0719 e. The van der Waals surface area contributed by atoms with Crippen molar-refractivity contribution in [3.8, 4) is 0 Å². The molecule has 1 saturated heterocycles. The Kier molecular flexibility index (Phi) is 5.21. The van der Waals surface area contributed by atoms with E-state index in [1.165, 1.54) is 16.6 Å². The van der Waals surface area contributed by atoms with Crippen LogP contribution in [0.3, 0.4) is 0 Å². The summed E-state index contributed by atoms with van der Waals surface area (Å²) in [5.74, 6) is 0.237. The van der Waals surface area contributed by atoms with Crippen molar-refractivity contribution in [2.24, 2.45) is 5.92 Å². The molecular weight excluding hydrogens is 324 g/mol. The summed E-state index contributed by atoms with van der Waals surface area (Å²) < 4.78 is 5.15. The lowest BCUT2D eigenvalue weighted by molar-refractivity contribution is -0.0829. The number of benzene rings is 1. The second kappa shape index (κ2) is 7.04. The van der Waals surface area contributed by atoms with Gasteiger partial charge in [0.05, 0.1) is 5.60 Å². The highest BCUT2D eigenvalue weighted by Gasteiger charge is 2.38. The molecule has 0 saturated carbocycles. The van der Waals surface area contributed by atoms with E-state index in [1.807, 2.05) is 18.2 Å². The molecule has 4 nitrogen and oxygen atoms in total. The highest BCUT2D eigenvalue weighted by atomic mass is 35.5. The molecule has 0 bridgehead atoms. The number of halogens is 1. The van der Waals surface area contributed by atoms with Gasteiger partial charge in [-0.1, -0.05) is 18.5 Å².